The molecule has 0 radical (unpaired) electrons. The number of benzene rings is 3. The average Bonchev–Trinajstić information content (AvgIpc) is 2.77. The predicted molar refractivity (Wildman–Crippen MR) is 123 cm³/mol. The maximum atomic E-state index is 15.6. The first kappa shape index (κ1) is 23.5. The van der Waals surface area contributed by atoms with Gasteiger partial charge < -0.3 is 17.0 Å². The van der Waals surface area contributed by atoms with Crippen LogP contribution in [-0.4, -0.2) is 6.16 Å². The molecule has 0 aromatic heterocycles. The van der Waals surface area contributed by atoms with E-state index in [0.29, 0.717) is 6.16 Å². The molecule has 29 heavy (non-hydrogen) atoms. The van der Waals surface area contributed by atoms with E-state index in [2.05, 4.69) is 79.7 Å². The van der Waals surface area contributed by atoms with Gasteiger partial charge in [0.25, 0.3) is 0 Å². The number of allylic oxidation sites excluding steroid dienone is 2. The molecule has 0 unspecified atom stereocenters. The summed E-state index contributed by atoms with van der Waals surface area (Å²) in [4.78, 5) is 0. The molecular formula is C26H29BrFP. The predicted octanol–water partition coefficient (Wildman–Crippen LogP) is 3.42. The third kappa shape index (κ3) is 5.44. The molecule has 0 atom stereocenters. The second-order valence-corrected chi connectivity index (χ2v) is 10.7. The lowest BCUT2D eigenvalue weighted by molar-refractivity contribution is -0.00000629. The molecule has 0 heterocycles. The minimum absolute atomic E-state index is 0. The van der Waals surface area contributed by atoms with Gasteiger partial charge in [-0.25, -0.2) is 4.39 Å². The van der Waals surface area contributed by atoms with E-state index >= 15 is 4.39 Å². The average molecular weight is 471 g/mol. The quantitative estimate of drug-likeness (QED) is 0.442. The maximum Gasteiger partial charge on any atom is 0.137 e. The first-order chi connectivity index (χ1) is 13.7. The third-order valence-electron chi connectivity index (χ3n) is 5.34. The van der Waals surface area contributed by atoms with Crippen molar-refractivity contribution in [3.05, 3.63) is 102 Å². The number of hydrogen-bond acceptors (Lipinski definition) is 0. The summed E-state index contributed by atoms with van der Waals surface area (Å²) in [6.45, 7) is 4.11. The monoisotopic (exact) mass is 470 g/mol. The van der Waals surface area contributed by atoms with Crippen LogP contribution in [0.25, 0.3) is 0 Å². The maximum absolute atomic E-state index is 15.6. The molecule has 3 aromatic rings. The summed E-state index contributed by atoms with van der Waals surface area (Å²) in [7, 11) is -2.13. The van der Waals surface area contributed by atoms with Crippen molar-refractivity contribution >= 4 is 23.2 Å². The Morgan fingerprint density at radius 3 is 1.45 bits per heavy atom. The van der Waals surface area contributed by atoms with Gasteiger partial charge in [-0.15, -0.1) is 0 Å². The first-order valence-corrected chi connectivity index (χ1v) is 12.0. The second-order valence-electron chi connectivity index (χ2n) is 7.26. The van der Waals surface area contributed by atoms with Crippen molar-refractivity contribution in [2.75, 3.05) is 6.16 Å². The molecule has 0 aliphatic heterocycles. The summed E-state index contributed by atoms with van der Waals surface area (Å²) < 4.78 is 15.6. The Kier molecular flexibility index (Phi) is 9.27. The van der Waals surface area contributed by atoms with Gasteiger partial charge in [0.1, 0.15) is 35.2 Å². The van der Waals surface area contributed by atoms with E-state index < -0.39 is 7.26 Å². The minimum Gasteiger partial charge on any atom is -1.00 e. The molecular weight excluding hydrogens is 442 g/mol. The molecule has 0 N–H and O–H groups in total. The van der Waals surface area contributed by atoms with E-state index in [9.17, 15) is 0 Å². The zero-order valence-corrected chi connectivity index (χ0v) is 19.7. The van der Waals surface area contributed by atoms with Gasteiger partial charge in [-0.1, -0.05) is 67.9 Å². The van der Waals surface area contributed by atoms with Gasteiger partial charge in [0, 0.05) is 0 Å². The van der Waals surface area contributed by atoms with Crippen LogP contribution in [0.4, 0.5) is 4.39 Å². The van der Waals surface area contributed by atoms with Gasteiger partial charge in [-0.2, -0.15) is 0 Å². The molecule has 3 aromatic carbocycles. The molecule has 3 heteroatoms. The van der Waals surface area contributed by atoms with E-state index in [0.717, 1.165) is 24.8 Å². The summed E-state index contributed by atoms with van der Waals surface area (Å²) in [5, 5.41) is 3.68. The fourth-order valence-electron chi connectivity index (χ4n) is 3.69. The zero-order valence-electron chi connectivity index (χ0n) is 17.2. The number of rotatable bonds is 8. The normalized spacial score (nSPS) is 12.1. The molecule has 0 amide bonds. The SMILES string of the molecule is CCCC/C(C)=C(/F)C[P+](c1ccccc1)(c1ccccc1)c1ccccc1.[Br-]. The summed E-state index contributed by atoms with van der Waals surface area (Å²) in [6, 6.07) is 31.5. The molecule has 0 fully saturated rings. The Balaban J connectivity index is 0.00000300. The molecule has 152 valence electrons. The Hall–Kier alpha value is -1.76. The Morgan fingerprint density at radius 2 is 1.10 bits per heavy atom. The summed E-state index contributed by atoms with van der Waals surface area (Å²) >= 11 is 0. The van der Waals surface area contributed by atoms with Crippen LogP contribution < -0.4 is 32.9 Å². The van der Waals surface area contributed by atoms with Crippen LogP contribution in [0.1, 0.15) is 33.1 Å². The topological polar surface area (TPSA) is 0 Å². The van der Waals surface area contributed by atoms with Gasteiger partial charge in [-0.05, 0) is 61.7 Å². The van der Waals surface area contributed by atoms with Crippen LogP contribution >= 0.6 is 7.26 Å². The molecule has 0 saturated carbocycles. The van der Waals surface area contributed by atoms with Crippen LogP contribution in [0.3, 0.4) is 0 Å². The lowest BCUT2D eigenvalue weighted by Crippen LogP contribution is -3.00. The van der Waals surface area contributed by atoms with Gasteiger partial charge in [0.15, 0.2) is 0 Å². The fourth-order valence-corrected chi connectivity index (χ4v) is 7.86. The zero-order chi connectivity index (χ0) is 19.8. The van der Waals surface area contributed by atoms with Gasteiger partial charge in [0.2, 0.25) is 0 Å². The van der Waals surface area contributed by atoms with E-state index in [1.165, 1.54) is 15.9 Å². The smallest absolute Gasteiger partial charge is 0.137 e. The highest BCUT2D eigenvalue weighted by Crippen LogP contribution is 2.57. The Bertz CT molecular complexity index is 795. The first-order valence-electron chi connectivity index (χ1n) is 10.1. The Labute approximate surface area is 186 Å². The number of unbranched alkanes of at least 4 members (excludes halogenated alkanes) is 1. The lowest BCUT2D eigenvalue weighted by atomic mass is 10.1. The van der Waals surface area contributed by atoms with Crippen molar-refractivity contribution in [1.82, 2.24) is 0 Å². The van der Waals surface area contributed by atoms with Gasteiger partial charge in [0.05, 0.1) is 0 Å². The molecule has 0 aliphatic rings. The van der Waals surface area contributed by atoms with Crippen LogP contribution in [0.15, 0.2) is 102 Å². The standard InChI is InChI=1S/C26H29FP.BrH/c1-3-4-14-22(2)26(27)21-28(23-15-8-5-9-16-23,24-17-10-6-11-18-24)25-19-12-7-13-20-25;/h5-13,15-20H,3-4,14,21H2,1-2H3;1H/q+1;/p-1/b26-22+;. The number of hydrogen-bond donors (Lipinski definition) is 0. The second kappa shape index (κ2) is 11.4. The van der Waals surface area contributed by atoms with Gasteiger partial charge in [-0.3, -0.25) is 0 Å². The molecule has 0 aliphatic carbocycles. The fraction of sp³-hybridized carbons (Fsp3) is 0.231. The minimum atomic E-state index is -2.13. The largest absolute Gasteiger partial charge is 1.00 e. The van der Waals surface area contributed by atoms with E-state index in [-0.39, 0.29) is 22.8 Å². The van der Waals surface area contributed by atoms with Crippen molar-refractivity contribution in [2.45, 2.75) is 33.1 Å². The van der Waals surface area contributed by atoms with Crippen molar-refractivity contribution in [2.24, 2.45) is 0 Å². The van der Waals surface area contributed by atoms with Crippen LogP contribution in [-0.2, 0) is 0 Å². The van der Waals surface area contributed by atoms with E-state index in [4.69, 9.17) is 0 Å². The van der Waals surface area contributed by atoms with Crippen molar-refractivity contribution in [1.29, 1.82) is 0 Å². The third-order valence-corrected chi connectivity index (χ3v) is 9.63. The molecule has 0 bridgehead atoms. The highest BCUT2D eigenvalue weighted by molar-refractivity contribution is 7.95. The van der Waals surface area contributed by atoms with Crippen molar-refractivity contribution in [3.63, 3.8) is 0 Å². The van der Waals surface area contributed by atoms with Crippen LogP contribution in [0.5, 0.6) is 0 Å². The molecule has 3 rings (SSSR count). The summed E-state index contributed by atoms with van der Waals surface area (Å²) in [5.74, 6) is 0.0540. The molecule has 0 saturated heterocycles. The summed E-state index contributed by atoms with van der Waals surface area (Å²) in [6.07, 6.45) is 3.40. The summed E-state index contributed by atoms with van der Waals surface area (Å²) in [5.41, 5.74) is 0.897. The molecule has 0 nitrogen and oxygen atoms in total. The van der Waals surface area contributed by atoms with E-state index in [1.54, 1.807) is 0 Å². The van der Waals surface area contributed by atoms with Crippen molar-refractivity contribution < 1.29 is 21.4 Å². The van der Waals surface area contributed by atoms with E-state index in [1.807, 2.05) is 25.1 Å². The van der Waals surface area contributed by atoms with Crippen LogP contribution in [0.2, 0.25) is 0 Å². The van der Waals surface area contributed by atoms with Crippen LogP contribution in [0, 0.1) is 0 Å². The highest BCUT2D eigenvalue weighted by Gasteiger charge is 2.46. The Morgan fingerprint density at radius 1 is 0.724 bits per heavy atom. The lowest BCUT2D eigenvalue weighted by Gasteiger charge is -2.27. The van der Waals surface area contributed by atoms with Crippen molar-refractivity contribution in [3.8, 4) is 0 Å². The highest BCUT2D eigenvalue weighted by atomic mass is 79.9. The molecule has 0 spiro atoms. The number of halogens is 2. The van der Waals surface area contributed by atoms with Gasteiger partial charge >= 0.3 is 0 Å².